The lowest BCUT2D eigenvalue weighted by Gasteiger charge is -2.01. The van der Waals surface area contributed by atoms with Crippen LogP contribution < -0.4 is 4.80 Å². The summed E-state index contributed by atoms with van der Waals surface area (Å²) in [4.78, 5) is 17.9. The molecule has 25 heavy (non-hydrogen) atoms. The molecule has 0 radical (unpaired) electrons. The first-order valence-corrected chi connectivity index (χ1v) is 9.15. The van der Waals surface area contributed by atoms with Crippen molar-refractivity contribution in [3.8, 4) is 0 Å². The molecule has 4 aromatic rings. The number of rotatable bonds is 2. The predicted octanol–water partition coefficient (Wildman–Crippen LogP) is 4.93. The Kier molecular flexibility index (Phi) is 3.98. The lowest BCUT2D eigenvalue weighted by Crippen LogP contribution is -2.15. The largest absolute Gasteiger partial charge is 0.317 e. The first-order valence-electron chi connectivity index (χ1n) is 8.33. The molecule has 0 saturated carbocycles. The molecular weight excluding hydrogens is 328 g/mol. The van der Waals surface area contributed by atoms with E-state index in [-0.39, 0.29) is 5.91 Å². The van der Waals surface area contributed by atoms with Crippen molar-refractivity contribution in [2.24, 2.45) is 4.99 Å². The Bertz CT molecular complexity index is 1170. The Balaban J connectivity index is 1.83. The maximum Gasteiger partial charge on any atom is 0.279 e. The van der Waals surface area contributed by atoms with Gasteiger partial charge in [0.1, 0.15) is 0 Å². The molecule has 124 valence electrons. The first-order chi connectivity index (χ1) is 12.2. The molecule has 0 unspecified atom stereocenters. The molecule has 3 aromatic carbocycles. The van der Waals surface area contributed by atoms with Crippen LogP contribution in [0.15, 0.2) is 65.7 Å². The molecule has 0 saturated heterocycles. The van der Waals surface area contributed by atoms with Crippen LogP contribution in [0.1, 0.15) is 22.8 Å². The highest BCUT2D eigenvalue weighted by Gasteiger charge is 2.09. The van der Waals surface area contributed by atoms with Gasteiger partial charge in [0, 0.05) is 12.1 Å². The molecular formula is C21H18N2OS. The minimum absolute atomic E-state index is 0.198. The van der Waals surface area contributed by atoms with Crippen molar-refractivity contribution in [2.75, 3.05) is 0 Å². The number of aromatic nitrogens is 1. The highest BCUT2D eigenvalue weighted by molar-refractivity contribution is 7.16. The number of carbonyl (C=O) groups excluding carboxylic acids is 1. The second-order valence-corrected chi connectivity index (χ2v) is 7.09. The summed E-state index contributed by atoms with van der Waals surface area (Å²) in [7, 11) is 0. The maximum absolute atomic E-state index is 12.7. The topological polar surface area (TPSA) is 34.4 Å². The Hall–Kier alpha value is -2.72. The van der Waals surface area contributed by atoms with E-state index >= 15 is 0 Å². The van der Waals surface area contributed by atoms with Gasteiger partial charge in [-0.15, -0.1) is 0 Å². The van der Waals surface area contributed by atoms with Crippen molar-refractivity contribution in [2.45, 2.75) is 20.4 Å². The van der Waals surface area contributed by atoms with Crippen LogP contribution in [-0.2, 0) is 6.54 Å². The fourth-order valence-electron chi connectivity index (χ4n) is 3.05. The van der Waals surface area contributed by atoms with E-state index < -0.39 is 0 Å². The van der Waals surface area contributed by atoms with Gasteiger partial charge in [-0.3, -0.25) is 4.79 Å². The normalized spacial score (nSPS) is 12.2. The maximum atomic E-state index is 12.7. The van der Waals surface area contributed by atoms with Gasteiger partial charge in [-0.25, -0.2) is 0 Å². The van der Waals surface area contributed by atoms with E-state index in [1.807, 2.05) is 42.5 Å². The third-order valence-corrected chi connectivity index (χ3v) is 5.39. The number of benzene rings is 3. The van der Waals surface area contributed by atoms with Gasteiger partial charge >= 0.3 is 0 Å². The SMILES string of the molecule is CCn1c(=NC(=O)c2ccc3ccccc3c2)sc2cc(C)ccc21. The summed E-state index contributed by atoms with van der Waals surface area (Å²) >= 11 is 1.56. The number of thiazole rings is 1. The number of hydrogen-bond donors (Lipinski definition) is 0. The lowest BCUT2D eigenvalue weighted by atomic mass is 10.1. The number of carbonyl (C=O) groups is 1. The van der Waals surface area contributed by atoms with Crippen molar-refractivity contribution in [3.63, 3.8) is 0 Å². The van der Waals surface area contributed by atoms with Gasteiger partial charge in [0.15, 0.2) is 4.80 Å². The Labute approximate surface area is 149 Å². The number of fused-ring (bicyclic) bond motifs is 2. The van der Waals surface area contributed by atoms with Crippen LogP contribution in [0, 0.1) is 6.92 Å². The minimum atomic E-state index is -0.198. The summed E-state index contributed by atoms with van der Waals surface area (Å²) in [5.74, 6) is -0.198. The first kappa shape index (κ1) is 15.8. The molecule has 0 bridgehead atoms. The van der Waals surface area contributed by atoms with Gasteiger partial charge in [0.25, 0.3) is 5.91 Å². The smallest absolute Gasteiger partial charge is 0.279 e. The highest BCUT2D eigenvalue weighted by Crippen LogP contribution is 2.20. The number of hydrogen-bond acceptors (Lipinski definition) is 2. The molecule has 4 heteroatoms. The van der Waals surface area contributed by atoms with Crippen molar-refractivity contribution in [3.05, 3.63) is 76.6 Å². The quantitative estimate of drug-likeness (QED) is 0.507. The summed E-state index contributed by atoms with van der Waals surface area (Å²) < 4.78 is 3.25. The summed E-state index contributed by atoms with van der Waals surface area (Å²) in [6.45, 7) is 4.94. The van der Waals surface area contributed by atoms with Gasteiger partial charge in [0.2, 0.25) is 0 Å². The third kappa shape index (κ3) is 2.89. The van der Waals surface area contributed by atoms with Gasteiger partial charge in [-0.05, 0) is 54.4 Å². The monoisotopic (exact) mass is 346 g/mol. The highest BCUT2D eigenvalue weighted by atomic mass is 32.1. The summed E-state index contributed by atoms with van der Waals surface area (Å²) in [5, 5.41) is 2.18. The van der Waals surface area contributed by atoms with Gasteiger partial charge in [-0.1, -0.05) is 47.7 Å². The zero-order valence-electron chi connectivity index (χ0n) is 14.2. The van der Waals surface area contributed by atoms with E-state index in [1.165, 1.54) is 5.56 Å². The van der Waals surface area contributed by atoms with Crippen LogP contribution >= 0.6 is 11.3 Å². The van der Waals surface area contributed by atoms with Crippen LogP contribution in [-0.4, -0.2) is 10.5 Å². The number of amides is 1. The van der Waals surface area contributed by atoms with Gasteiger partial charge in [0.05, 0.1) is 10.2 Å². The molecule has 0 fully saturated rings. The van der Waals surface area contributed by atoms with Gasteiger partial charge < -0.3 is 4.57 Å². The molecule has 0 aliphatic heterocycles. The van der Waals surface area contributed by atoms with Crippen LogP contribution in [0.4, 0.5) is 0 Å². The Morgan fingerprint density at radius 2 is 1.84 bits per heavy atom. The number of nitrogens with zero attached hydrogens (tertiary/aromatic N) is 2. The van der Waals surface area contributed by atoms with E-state index in [4.69, 9.17) is 0 Å². The second kappa shape index (κ2) is 6.30. The van der Waals surface area contributed by atoms with Crippen LogP contribution in [0.25, 0.3) is 21.0 Å². The lowest BCUT2D eigenvalue weighted by molar-refractivity contribution is 0.0998. The predicted molar refractivity (Wildman–Crippen MR) is 104 cm³/mol. The van der Waals surface area contributed by atoms with E-state index in [9.17, 15) is 4.79 Å². The zero-order valence-corrected chi connectivity index (χ0v) is 15.0. The second-order valence-electron chi connectivity index (χ2n) is 6.08. The van der Waals surface area contributed by atoms with E-state index in [0.29, 0.717) is 5.56 Å². The molecule has 0 N–H and O–H groups in total. The molecule has 3 nitrogen and oxygen atoms in total. The van der Waals surface area contributed by atoms with Crippen LogP contribution in [0.5, 0.6) is 0 Å². The molecule has 0 spiro atoms. The summed E-state index contributed by atoms with van der Waals surface area (Å²) in [5.41, 5.74) is 2.96. The summed E-state index contributed by atoms with van der Waals surface area (Å²) in [6, 6.07) is 20.1. The van der Waals surface area contributed by atoms with Crippen molar-refractivity contribution < 1.29 is 4.79 Å². The van der Waals surface area contributed by atoms with Crippen LogP contribution in [0.2, 0.25) is 0 Å². The average Bonchev–Trinajstić information content (AvgIpc) is 2.97. The van der Waals surface area contributed by atoms with E-state index in [1.54, 1.807) is 11.3 Å². The van der Waals surface area contributed by atoms with Crippen molar-refractivity contribution in [1.82, 2.24) is 4.57 Å². The molecule has 0 atom stereocenters. The van der Waals surface area contributed by atoms with Gasteiger partial charge in [-0.2, -0.15) is 4.99 Å². The third-order valence-electron chi connectivity index (χ3n) is 4.35. The van der Waals surface area contributed by atoms with Crippen molar-refractivity contribution >= 4 is 38.2 Å². The van der Waals surface area contributed by atoms with Crippen molar-refractivity contribution in [1.29, 1.82) is 0 Å². The standard InChI is InChI=1S/C21H18N2OS/c1-3-23-18-11-8-14(2)12-19(18)25-21(23)22-20(24)17-10-9-15-6-4-5-7-16(15)13-17/h4-13H,3H2,1-2H3. The molecule has 0 aliphatic rings. The molecule has 1 amide bonds. The zero-order chi connectivity index (χ0) is 17.4. The fourth-order valence-corrected chi connectivity index (χ4v) is 4.24. The minimum Gasteiger partial charge on any atom is -0.317 e. The molecule has 4 rings (SSSR count). The molecule has 1 aromatic heterocycles. The molecule has 0 aliphatic carbocycles. The average molecular weight is 346 g/mol. The Morgan fingerprint density at radius 3 is 2.64 bits per heavy atom. The van der Waals surface area contributed by atoms with E-state index in [2.05, 4.69) is 41.6 Å². The summed E-state index contributed by atoms with van der Waals surface area (Å²) in [6.07, 6.45) is 0. The number of aryl methyl sites for hydroxylation is 2. The fraction of sp³-hybridized carbons (Fsp3) is 0.143. The molecule has 1 heterocycles. The Morgan fingerprint density at radius 1 is 1.04 bits per heavy atom. The van der Waals surface area contributed by atoms with E-state index in [0.717, 1.165) is 32.3 Å². The van der Waals surface area contributed by atoms with Crippen LogP contribution in [0.3, 0.4) is 0 Å².